The number of sulfone groups is 1. The first-order chi connectivity index (χ1) is 17.3. The van der Waals surface area contributed by atoms with Gasteiger partial charge in [0.1, 0.15) is 22.3 Å². The largest absolute Gasteiger partial charge is 0.390 e. The minimum Gasteiger partial charge on any atom is -0.390 e. The summed E-state index contributed by atoms with van der Waals surface area (Å²) in [7, 11) is 1.33. The van der Waals surface area contributed by atoms with Crippen LogP contribution in [0.4, 0.5) is 10.9 Å². The Morgan fingerprint density at radius 3 is 2.53 bits per heavy atom. The van der Waals surface area contributed by atoms with Gasteiger partial charge in [0.15, 0.2) is 20.7 Å². The average Bonchev–Trinajstić information content (AvgIpc) is 3.26. The lowest BCUT2D eigenvalue weighted by atomic mass is 10.1. The molecule has 1 amide bonds. The number of thiazole rings is 1. The van der Waals surface area contributed by atoms with E-state index in [1.54, 1.807) is 26.1 Å². The van der Waals surface area contributed by atoms with Crippen LogP contribution in [-0.4, -0.2) is 76.3 Å². The number of aromatic nitrogens is 2. The Labute approximate surface area is 213 Å². The third-order valence-corrected chi connectivity index (χ3v) is 7.62. The van der Waals surface area contributed by atoms with Crippen LogP contribution in [0.2, 0.25) is 0 Å². The Morgan fingerprint density at radius 1 is 1.11 bits per heavy atom. The number of amides is 1. The van der Waals surface area contributed by atoms with Gasteiger partial charge in [-0.3, -0.25) is 10.1 Å². The van der Waals surface area contributed by atoms with Crippen LogP contribution >= 0.6 is 11.3 Å². The first kappa shape index (κ1) is 27.5. The molecule has 0 saturated heterocycles. The Kier molecular flexibility index (Phi) is 9.70. The summed E-state index contributed by atoms with van der Waals surface area (Å²) in [5.74, 6) is 0.0764. The molecule has 0 aliphatic rings. The molecule has 0 fully saturated rings. The summed E-state index contributed by atoms with van der Waals surface area (Å²) in [6, 6.07) is 9.52. The van der Waals surface area contributed by atoms with Crippen molar-refractivity contribution in [2.45, 2.75) is 24.3 Å². The lowest BCUT2D eigenvalue weighted by Crippen LogP contribution is -2.25. The number of methoxy groups -OCH3 is 2. The van der Waals surface area contributed by atoms with Gasteiger partial charge in [-0.05, 0) is 37.6 Å². The maximum atomic E-state index is 13.2. The summed E-state index contributed by atoms with van der Waals surface area (Å²) in [5, 5.41) is 10.1. The van der Waals surface area contributed by atoms with Crippen molar-refractivity contribution < 1.29 is 27.5 Å². The molecule has 2 N–H and O–H groups in total. The summed E-state index contributed by atoms with van der Waals surface area (Å²) in [6.45, 7) is 2.37. The summed E-state index contributed by atoms with van der Waals surface area (Å²) in [6.07, 6.45) is -0.0295. The molecule has 0 unspecified atom stereocenters. The topological polar surface area (TPSA) is 141 Å². The number of hydrogen-bond acceptors (Lipinski definition) is 11. The van der Waals surface area contributed by atoms with Gasteiger partial charge >= 0.3 is 0 Å². The highest BCUT2D eigenvalue weighted by Gasteiger charge is 2.20. The number of hydrogen-bond donors (Lipinski definition) is 2. The van der Waals surface area contributed by atoms with E-state index in [9.17, 15) is 13.2 Å². The van der Waals surface area contributed by atoms with Gasteiger partial charge in [0.2, 0.25) is 0 Å². The van der Waals surface area contributed by atoms with Gasteiger partial charge in [-0.1, -0.05) is 28.6 Å². The van der Waals surface area contributed by atoms with E-state index in [4.69, 9.17) is 14.3 Å². The first-order valence-electron chi connectivity index (χ1n) is 11.1. The van der Waals surface area contributed by atoms with Gasteiger partial charge in [-0.15, -0.1) is 0 Å². The number of oxime groups is 1. The van der Waals surface area contributed by atoms with E-state index in [0.717, 1.165) is 0 Å². The molecule has 194 valence electrons. The maximum absolute atomic E-state index is 13.2. The molecule has 0 aliphatic heterocycles. The molecule has 1 aromatic carbocycles. The number of benzene rings is 1. The van der Waals surface area contributed by atoms with Gasteiger partial charge in [0.05, 0.1) is 17.3 Å². The van der Waals surface area contributed by atoms with Crippen LogP contribution in [0, 0.1) is 0 Å². The molecular weight excluding hydrogens is 506 g/mol. The zero-order valence-corrected chi connectivity index (χ0v) is 22.1. The second-order valence-corrected chi connectivity index (χ2v) is 10.8. The zero-order valence-electron chi connectivity index (χ0n) is 20.5. The Bertz CT molecular complexity index is 1310. The van der Waals surface area contributed by atoms with Crippen LogP contribution in [0.25, 0.3) is 10.3 Å². The van der Waals surface area contributed by atoms with E-state index in [2.05, 4.69) is 25.8 Å². The number of pyridine rings is 1. The predicted octanol–water partition coefficient (Wildman–Crippen LogP) is 2.94. The van der Waals surface area contributed by atoms with Crippen LogP contribution < -0.4 is 10.6 Å². The lowest BCUT2D eigenvalue weighted by molar-refractivity contribution is -0.110. The molecule has 11 nitrogen and oxygen atoms in total. The fraction of sp³-hybridized carbons (Fsp3) is 0.391. The number of carbonyl (C=O) groups is 1. The van der Waals surface area contributed by atoms with E-state index in [0.29, 0.717) is 39.9 Å². The number of nitrogens with zero attached hydrogens (tertiary/aromatic N) is 3. The number of anilines is 2. The molecule has 3 rings (SSSR count). The van der Waals surface area contributed by atoms with Crippen molar-refractivity contribution in [3.05, 3.63) is 42.0 Å². The highest BCUT2D eigenvalue weighted by molar-refractivity contribution is 7.91. The second kappa shape index (κ2) is 12.7. The summed E-state index contributed by atoms with van der Waals surface area (Å²) < 4.78 is 35.1. The van der Waals surface area contributed by atoms with Gasteiger partial charge in [0, 0.05) is 33.4 Å². The van der Waals surface area contributed by atoms with Crippen LogP contribution in [0.1, 0.15) is 18.9 Å². The van der Waals surface area contributed by atoms with Crippen LogP contribution in [-0.2, 0) is 28.9 Å². The van der Waals surface area contributed by atoms with Gasteiger partial charge in [0.25, 0.3) is 5.91 Å². The van der Waals surface area contributed by atoms with Crippen molar-refractivity contribution in [1.82, 2.24) is 9.97 Å². The number of carbonyl (C=O) groups excluding carboxylic acids is 1. The molecule has 0 radical (unpaired) electrons. The van der Waals surface area contributed by atoms with Crippen molar-refractivity contribution in [3.63, 3.8) is 0 Å². The molecule has 3 aromatic rings. The minimum atomic E-state index is -3.49. The smallest absolute Gasteiger partial charge is 0.280 e. The van der Waals surface area contributed by atoms with Gasteiger partial charge in [-0.2, -0.15) is 0 Å². The summed E-state index contributed by atoms with van der Waals surface area (Å²) in [5.41, 5.74) is 0.981. The molecule has 2 aromatic heterocycles. The molecule has 2 heterocycles. The zero-order chi connectivity index (χ0) is 26.1. The Morgan fingerprint density at radius 2 is 1.86 bits per heavy atom. The number of nitrogens with one attached hydrogen (secondary N) is 2. The maximum Gasteiger partial charge on any atom is 0.280 e. The summed E-state index contributed by atoms with van der Waals surface area (Å²) >= 11 is 1.22. The SMILES string of the molecule is CNc1ccc2nc(NC(=O)/C(=N/O[C@H](C)COC)c3ccc(S(=O)(=O)CCCOC)cc3)sc2n1. The van der Waals surface area contributed by atoms with E-state index >= 15 is 0 Å². The van der Waals surface area contributed by atoms with Crippen molar-refractivity contribution >= 4 is 54.1 Å². The number of rotatable bonds is 13. The molecule has 1 atom stereocenters. The van der Waals surface area contributed by atoms with Crippen LogP contribution in [0.5, 0.6) is 0 Å². The normalized spacial score (nSPS) is 12.9. The highest BCUT2D eigenvalue weighted by atomic mass is 32.2. The minimum absolute atomic E-state index is 0.0376. The van der Waals surface area contributed by atoms with Crippen LogP contribution in [0.15, 0.2) is 46.4 Å². The molecule has 0 spiro atoms. The number of fused-ring (bicyclic) bond motifs is 1. The average molecular weight is 536 g/mol. The third-order valence-electron chi connectivity index (χ3n) is 4.92. The van der Waals surface area contributed by atoms with E-state index in [1.165, 1.54) is 49.8 Å². The fourth-order valence-corrected chi connectivity index (χ4v) is 5.25. The summed E-state index contributed by atoms with van der Waals surface area (Å²) in [4.78, 5) is 28.3. The van der Waals surface area contributed by atoms with Crippen LogP contribution in [0.3, 0.4) is 0 Å². The first-order valence-corrected chi connectivity index (χ1v) is 13.6. The van der Waals surface area contributed by atoms with Crippen molar-refractivity contribution in [1.29, 1.82) is 0 Å². The van der Waals surface area contributed by atoms with E-state index < -0.39 is 21.8 Å². The lowest BCUT2D eigenvalue weighted by Gasteiger charge is -2.11. The van der Waals surface area contributed by atoms with Crippen molar-refractivity contribution in [2.75, 3.05) is 50.9 Å². The molecule has 0 aliphatic carbocycles. The predicted molar refractivity (Wildman–Crippen MR) is 140 cm³/mol. The number of ether oxygens (including phenoxy) is 2. The fourth-order valence-electron chi connectivity index (χ4n) is 3.13. The van der Waals surface area contributed by atoms with Crippen molar-refractivity contribution in [3.8, 4) is 0 Å². The Balaban J connectivity index is 1.85. The molecule has 13 heteroatoms. The molecule has 36 heavy (non-hydrogen) atoms. The highest BCUT2D eigenvalue weighted by Crippen LogP contribution is 2.26. The second-order valence-electron chi connectivity index (χ2n) is 7.74. The van der Waals surface area contributed by atoms with Gasteiger partial charge < -0.3 is 19.6 Å². The van der Waals surface area contributed by atoms with E-state index in [-0.39, 0.29) is 23.0 Å². The quantitative estimate of drug-likeness (QED) is 0.192. The standard InChI is InChI=1S/C23H29N5O6S2/c1-15(14-33-4)34-28-20(16-6-8-17(9-7-16)36(30,31)13-5-12-32-3)21(29)27-23-25-18-10-11-19(24-2)26-22(18)35-23/h6-11,15H,5,12-14H2,1-4H3,(H,24,26)(H,25,27,29)/b28-20+/t15-/m1/s1. The van der Waals surface area contributed by atoms with Crippen molar-refractivity contribution in [2.24, 2.45) is 5.16 Å². The third kappa shape index (κ3) is 7.20. The monoisotopic (exact) mass is 535 g/mol. The molecule has 0 saturated carbocycles. The molecule has 0 bridgehead atoms. The van der Waals surface area contributed by atoms with Gasteiger partial charge in [-0.25, -0.2) is 18.4 Å². The molecular formula is C23H29N5O6S2. The Hall–Kier alpha value is -3.13. The van der Waals surface area contributed by atoms with E-state index in [1.807, 2.05) is 0 Å².